The highest BCUT2D eigenvalue weighted by Crippen LogP contribution is 2.35. The molecule has 3 heterocycles. The molecule has 0 saturated carbocycles. The number of hydrogen-bond donors (Lipinski definition) is 3. The molecule has 2 aromatic rings. The number of hydrogen-bond acceptors (Lipinski definition) is 10. The number of nitrogens with zero attached hydrogens (tertiary/aromatic N) is 1. The van der Waals surface area contributed by atoms with Crippen molar-refractivity contribution in [2.75, 3.05) is 27.1 Å². The number of cyclic esters (lactones) is 1. The molecule has 2 aliphatic heterocycles. The van der Waals surface area contributed by atoms with Gasteiger partial charge in [0.1, 0.15) is 41.2 Å². The molecule has 0 aliphatic carbocycles. The number of aliphatic hydroxyl groups excluding tert-OH is 1. The van der Waals surface area contributed by atoms with Crippen LogP contribution in [0.3, 0.4) is 0 Å². The number of ether oxygens (including phenoxy) is 6. The maximum Gasteiger partial charge on any atom is 0.342 e. The van der Waals surface area contributed by atoms with Crippen LogP contribution in [0.15, 0.2) is 42.8 Å². The fourth-order valence-electron chi connectivity index (χ4n) is 4.98. The Hall–Kier alpha value is -3.22. The third-order valence-corrected chi connectivity index (χ3v) is 7.38. The van der Waals surface area contributed by atoms with Gasteiger partial charge < -0.3 is 43.8 Å². The van der Waals surface area contributed by atoms with Crippen LogP contribution in [-0.2, 0) is 25.5 Å². The van der Waals surface area contributed by atoms with Gasteiger partial charge in [0, 0.05) is 31.5 Å². The Bertz CT molecular complexity index is 1230. The van der Waals surface area contributed by atoms with Crippen LogP contribution < -0.4 is 14.8 Å². The summed E-state index contributed by atoms with van der Waals surface area (Å²) in [5.74, 6) is 0.239. The standard InChI is InChI=1S/C32H45N3O8/c1-21-11-12-25(36)30-26(42-32(3,4)43-30)10-8-9-23-17-24(39-16-7-6-13-33-19-28-34-14-15-35-28)18-27(40-20-38-5)29(23)31(37)41-22(21)2/h8-9,11-12,14-15,17-18,21-22,25-26,30,33,36H,6-7,10,13,16,19-20H2,1-5H3,(H,34,35)/b9-8?,12-11-/t21-,22+,25?,26+,30?/m1/s1. The average molecular weight is 600 g/mol. The molecule has 4 rings (SSSR count). The molecule has 2 aliphatic rings. The van der Waals surface area contributed by atoms with Gasteiger partial charge in [0.15, 0.2) is 12.6 Å². The summed E-state index contributed by atoms with van der Waals surface area (Å²) in [6.45, 7) is 9.36. The number of aromatic amines is 1. The van der Waals surface area contributed by atoms with E-state index in [-0.39, 0.29) is 24.4 Å². The minimum absolute atomic E-state index is 0.0508. The first-order chi connectivity index (χ1) is 20.7. The number of H-pyrrole nitrogens is 1. The van der Waals surface area contributed by atoms with E-state index in [4.69, 9.17) is 28.4 Å². The normalized spacial score (nSPS) is 26.2. The molecule has 11 nitrogen and oxygen atoms in total. The minimum Gasteiger partial charge on any atom is -0.493 e. The second-order valence-corrected chi connectivity index (χ2v) is 11.3. The lowest BCUT2D eigenvalue weighted by Gasteiger charge is -2.23. The molecule has 0 amide bonds. The molecule has 0 bridgehead atoms. The smallest absolute Gasteiger partial charge is 0.342 e. The Labute approximate surface area is 253 Å². The van der Waals surface area contributed by atoms with Crippen molar-refractivity contribution in [3.63, 3.8) is 0 Å². The second kappa shape index (κ2) is 15.5. The van der Waals surface area contributed by atoms with Crippen LogP contribution in [0.25, 0.3) is 6.08 Å². The minimum atomic E-state index is -0.879. The van der Waals surface area contributed by atoms with Crippen molar-refractivity contribution < 1.29 is 38.3 Å². The third kappa shape index (κ3) is 9.38. The first-order valence-corrected chi connectivity index (χ1v) is 14.9. The van der Waals surface area contributed by atoms with Gasteiger partial charge in [-0.3, -0.25) is 0 Å². The Morgan fingerprint density at radius 2 is 2.00 bits per heavy atom. The lowest BCUT2D eigenvalue weighted by molar-refractivity contribution is -0.152. The van der Waals surface area contributed by atoms with Crippen LogP contribution >= 0.6 is 0 Å². The van der Waals surface area contributed by atoms with Crippen LogP contribution in [0.5, 0.6) is 11.5 Å². The van der Waals surface area contributed by atoms with Gasteiger partial charge >= 0.3 is 5.97 Å². The third-order valence-electron chi connectivity index (χ3n) is 7.38. The highest BCUT2D eigenvalue weighted by atomic mass is 16.8. The molecule has 11 heteroatoms. The van der Waals surface area contributed by atoms with Crippen LogP contribution in [0.2, 0.25) is 0 Å². The number of benzene rings is 1. The molecule has 1 aromatic carbocycles. The fraction of sp³-hybridized carbons (Fsp3) is 0.562. The van der Waals surface area contributed by atoms with Crippen LogP contribution in [-0.4, -0.2) is 78.3 Å². The van der Waals surface area contributed by atoms with E-state index in [2.05, 4.69) is 15.3 Å². The Morgan fingerprint density at radius 1 is 1.16 bits per heavy atom. The molecule has 236 valence electrons. The SMILES string of the molecule is COCOc1cc(OCCCCNCc2ncc[nH]2)cc2c1C(=O)O[C@@H](C)[C@H](C)/C=C\C(O)C1OC(C)(C)O[C@H]1CC=C2. The van der Waals surface area contributed by atoms with E-state index < -0.39 is 30.1 Å². The number of unbranched alkanes of at least 4 members (excludes halogenated alkanes) is 1. The van der Waals surface area contributed by atoms with Gasteiger partial charge in [-0.05, 0) is 58.2 Å². The summed E-state index contributed by atoms with van der Waals surface area (Å²) in [5, 5.41) is 14.3. The molecule has 0 spiro atoms. The number of aliphatic hydroxyl groups is 1. The Kier molecular flexibility index (Phi) is 11.8. The number of fused-ring (bicyclic) bond motifs is 2. The van der Waals surface area contributed by atoms with Gasteiger partial charge in [-0.2, -0.15) is 0 Å². The van der Waals surface area contributed by atoms with Crippen LogP contribution in [0.4, 0.5) is 0 Å². The van der Waals surface area contributed by atoms with Gasteiger partial charge in [0.25, 0.3) is 0 Å². The average Bonchev–Trinajstić information content (AvgIpc) is 3.60. The molecular formula is C32H45N3O8. The lowest BCUT2D eigenvalue weighted by atomic mass is 9.99. The summed E-state index contributed by atoms with van der Waals surface area (Å²) < 4.78 is 35.1. The molecule has 1 saturated heterocycles. The Balaban J connectivity index is 1.54. The predicted molar refractivity (Wildman–Crippen MR) is 161 cm³/mol. The molecule has 3 N–H and O–H groups in total. The van der Waals surface area contributed by atoms with Crippen molar-refractivity contribution in [2.24, 2.45) is 5.92 Å². The van der Waals surface area contributed by atoms with Crippen molar-refractivity contribution in [1.29, 1.82) is 0 Å². The van der Waals surface area contributed by atoms with Crippen molar-refractivity contribution in [3.05, 3.63) is 59.7 Å². The van der Waals surface area contributed by atoms with Gasteiger partial charge in [-0.25, -0.2) is 9.78 Å². The van der Waals surface area contributed by atoms with E-state index in [0.29, 0.717) is 36.6 Å². The predicted octanol–water partition coefficient (Wildman–Crippen LogP) is 4.38. The topological polar surface area (TPSA) is 133 Å². The van der Waals surface area contributed by atoms with Gasteiger partial charge in [0.2, 0.25) is 0 Å². The zero-order valence-corrected chi connectivity index (χ0v) is 25.7. The van der Waals surface area contributed by atoms with Crippen molar-refractivity contribution >= 4 is 12.0 Å². The van der Waals surface area contributed by atoms with E-state index in [9.17, 15) is 9.90 Å². The molecule has 43 heavy (non-hydrogen) atoms. The van der Waals surface area contributed by atoms with Crippen LogP contribution in [0.1, 0.15) is 68.7 Å². The number of esters is 1. The van der Waals surface area contributed by atoms with Crippen LogP contribution in [0, 0.1) is 5.92 Å². The largest absolute Gasteiger partial charge is 0.493 e. The van der Waals surface area contributed by atoms with Crippen molar-refractivity contribution in [3.8, 4) is 11.5 Å². The maximum absolute atomic E-state index is 13.6. The monoisotopic (exact) mass is 599 g/mol. The van der Waals surface area contributed by atoms with Crippen molar-refractivity contribution in [1.82, 2.24) is 15.3 Å². The summed E-state index contributed by atoms with van der Waals surface area (Å²) in [4.78, 5) is 20.8. The summed E-state index contributed by atoms with van der Waals surface area (Å²) in [6.07, 6.45) is 10.7. The number of nitrogens with one attached hydrogen (secondary N) is 2. The number of carbonyl (C=O) groups excluding carboxylic acids is 1. The quantitative estimate of drug-likeness (QED) is 0.148. The lowest BCUT2D eigenvalue weighted by Crippen LogP contribution is -2.34. The van der Waals surface area contributed by atoms with E-state index in [1.54, 1.807) is 24.5 Å². The van der Waals surface area contributed by atoms with E-state index >= 15 is 0 Å². The molecule has 2 unspecified atom stereocenters. The van der Waals surface area contributed by atoms with E-state index in [1.807, 2.05) is 52.0 Å². The molecule has 1 aromatic heterocycles. The maximum atomic E-state index is 13.6. The summed E-state index contributed by atoms with van der Waals surface area (Å²) in [6, 6.07) is 3.51. The van der Waals surface area contributed by atoms with Gasteiger partial charge in [-0.1, -0.05) is 31.2 Å². The number of imidazole rings is 1. The highest BCUT2D eigenvalue weighted by molar-refractivity contribution is 5.97. The summed E-state index contributed by atoms with van der Waals surface area (Å²) in [7, 11) is 1.52. The number of carbonyl (C=O) groups is 1. The summed E-state index contributed by atoms with van der Waals surface area (Å²) in [5.41, 5.74) is 0.861. The summed E-state index contributed by atoms with van der Waals surface area (Å²) >= 11 is 0. The zero-order chi connectivity index (χ0) is 30.8. The van der Waals surface area contributed by atoms with Crippen molar-refractivity contribution in [2.45, 2.75) is 83.7 Å². The molecule has 1 fully saturated rings. The zero-order valence-electron chi connectivity index (χ0n) is 25.7. The second-order valence-electron chi connectivity index (χ2n) is 11.3. The molecule has 5 atom stereocenters. The van der Waals surface area contributed by atoms with E-state index in [0.717, 1.165) is 25.2 Å². The van der Waals surface area contributed by atoms with Gasteiger partial charge in [-0.15, -0.1) is 0 Å². The highest BCUT2D eigenvalue weighted by Gasteiger charge is 2.43. The number of methoxy groups -OCH3 is 1. The van der Waals surface area contributed by atoms with E-state index in [1.165, 1.54) is 7.11 Å². The first kappa shape index (κ1) is 32.7. The molecule has 0 radical (unpaired) electrons. The number of rotatable bonds is 11. The Morgan fingerprint density at radius 3 is 2.77 bits per heavy atom. The number of aromatic nitrogens is 2. The fourth-order valence-corrected chi connectivity index (χ4v) is 4.98. The molecular weight excluding hydrogens is 554 g/mol. The first-order valence-electron chi connectivity index (χ1n) is 14.9. The van der Waals surface area contributed by atoms with Gasteiger partial charge in [0.05, 0.1) is 19.3 Å².